The second kappa shape index (κ2) is 9.02. The number of amides is 1. The molecular weight excluding hydrogens is 400 g/mol. The Hall–Kier alpha value is -2.64. The number of hydrogen-bond acceptors (Lipinski definition) is 5. The predicted octanol–water partition coefficient (Wildman–Crippen LogP) is 3.99. The minimum atomic E-state index is -0.222. The van der Waals surface area contributed by atoms with Crippen molar-refractivity contribution in [2.24, 2.45) is 4.99 Å². The lowest BCUT2D eigenvalue weighted by Crippen LogP contribution is -2.19. The molecule has 1 aromatic heterocycles. The van der Waals surface area contributed by atoms with Crippen molar-refractivity contribution in [2.75, 3.05) is 27.9 Å². The van der Waals surface area contributed by atoms with E-state index in [-0.39, 0.29) is 5.91 Å². The molecule has 0 unspecified atom stereocenters. The van der Waals surface area contributed by atoms with E-state index >= 15 is 0 Å². The normalized spacial score (nSPS) is 14.0. The Bertz CT molecular complexity index is 1150. The van der Waals surface area contributed by atoms with Gasteiger partial charge < -0.3 is 18.8 Å². The number of hydrogen-bond donors (Lipinski definition) is 0. The minimum absolute atomic E-state index is 0.222. The van der Waals surface area contributed by atoms with E-state index in [1.165, 1.54) is 35.3 Å². The summed E-state index contributed by atoms with van der Waals surface area (Å²) in [6.07, 6.45) is 4.53. The third-order valence-electron chi connectivity index (χ3n) is 5.50. The molecule has 0 atom stereocenters. The van der Waals surface area contributed by atoms with Crippen LogP contribution in [0.4, 0.5) is 0 Å². The van der Waals surface area contributed by atoms with Crippen LogP contribution in [0.5, 0.6) is 11.5 Å². The number of nitrogens with zero attached hydrogens (tertiary/aromatic N) is 2. The van der Waals surface area contributed by atoms with Crippen molar-refractivity contribution >= 4 is 27.5 Å². The lowest BCUT2D eigenvalue weighted by molar-refractivity contribution is 0.0997. The van der Waals surface area contributed by atoms with Crippen LogP contribution in [0.2, 0.25) is 0 Å². The lowest BCUT2D eigenvalue weighted by atomic mass is 9.90. The second-order valence-corrected chi connectivity index (χ2v) is 8.32. The third-order valence-corrected chi connectivity index (χ3v) is 6.54. The van der Waals surface area contributed by atoms with Crippen LogP contribution in [-0.2, 0) is 24.1 Å². The van der Waals surface area contributed by atoms with Gasteiger partial charge in [-0.25, -0.2) is 0 Å². The topological polar surface area (TPSA) is 62.1 Å². The zero-order valence-electron chi connectivity index (χ0n) is 17.6. The molecule has 0 spiro atoms. The highest BCUT2D eigenvalue weighted by Crippen LogP contribution is 2.33. The Balaban J connectivity index is 1.79. The van der Waals surface area contributed by atoms with Crippen LogP contribution < -0.4 is 14.3 Å². The lowest BCUT2D eigenvalue weighted by Gasteiger charge is -2.15. The average Bonchev–Trinajstić information content (AvgIpc) is 3.11. The van der Waals surface area contributed by atoms with E-state index in [4.69, 9.17) is 14.2 Å². The Kier molecular flexibility index (Phi) is 6.20. The summed E-state index contributed by atoms with van der Waals surface area (Å²) in [6.45, 7) is 1.10. The first-order valence-electron chi connectivity index (χ1n) is 10.1. The van der Waals surface area contributed by atoms with Crippen molar-refractivity contribution in [3.05, 3.63) is 51.8 Å². The number of thiazole rings is 1. The molecule has 0 radical (unpaired) electrons. The summed E-state index contributed by atoms with van der Waals surface area (Å²) in [5.41, 5.74) is 4.21. The summed E-state index contributed by atoms with van der Waals surface area (Å²) in [5.74, 6) is 1.07. The molecule has 2 aromatic carbocycles. The van der Waals surface area contributed by atoms with E-state index in [0.717, 1.165) is 23.1 Å². The Morgan fingerprint density at radius 3 is 2.50 bits per heavy atom. The van der Waals surface area contributed by atoms with Crippen LogP contribution in [0, 0.1) is 0 Å². The molecule has 1 aliphatic carbocycles. The molecule has 0 saturated heterocycles. The van der Waals surface area contributed by atoms with E-state index < -0.39 is 0 Å². The fraction of sp³-hybridized carbons (Fsp3) is 0.391. The number of benzene rings is 2. The first kappa shape index (κ1) is 20.6. The van der Waals surface area contributed by atoms with Gasteiger partial charge in [0.05, 0.1) is 31.0 Å². The van der Waals surface area contributed by atoms with Gasteiger partial charge in [-0.05, 0) is 48.9 Å². The molecule has 7 heteroatoms. The summed E-state index contributed by atoms with van der Waals surface area (Å²) >= 11 is 1.46. The monoisotopic (exact) mass is 426 g/mol. The molecule has 4 rings (SSSR count). The van der Waals surface area contributed by atoms with Crippen LogP contribution in [0.15, 0.2) is 35.3 Å². The second-order valence-electron chi connectivity index (χ2n) is 7.31. The van der Waals surface area contributed by atoms with Crippen LogP contribution >= 0.6 is 11.3 Å². The van der Waals surface area contributed by atoms with Crippen molar-refractivity contribution in [3.8, 4) is 11.5 Å². The fourth-order valence-electron chi connectivity index (χ4n) is 3.90. The molecule has 0 bridgehead atoms. The van der Waals surface area contributed by atoms with Gasteiger partial charge in [0.15, 0.2) is 16.3 Å². The van der Waals surface area contributed by atoms with Gasteiger partial charge in [0.1, 0.15) is 0 Å². The molecular formula is C23H26N2O4S. The molecule has 1 heterocycles. The summed E-state index contributed by atoms with van der Waals surface area (Å²) < 4.78 is 19.1. The van der Waals surface area contributed by atoms with E-state index in [0.29, 0.717) is 35.0 Å². The highest BCUT2D eigenvalue weighted by atomic mass is 32.1. The highest BCUT2D eigenvalue weighted by molar-refractivity contribution is 7.16. The van der Waals surface area contributed by atoms with E-state index in [1.54, 1.807) is 21.3 Å². The van der Waals surface area contributed by atoms with Gasteiger partial charge in [0.2, 0.25) is 0 Å². The Labute approximate surface area is 179 Å². The van der Waals surface area contributed by atoms with Gasteiger partial charge in [-0.2, -0.15) is 4.99 Å². The van der Waals surface area contributed by atoms with Crippen molar-refractivity contribution in [1.82, 2.24) is 4.57 Å². The number of methoxy groups -OCH3 is 3. The Morgan fingerprint density at radius 1 is 1.03 bits per heavy atom. The molecule has 0 fully saturated rings. The minimum Gasteiger partial charge on any atom is -0.493 e. The quantitative estimate of drug-likeness (QED) is 0.598. The van der Waals surface area contributed by atoms with Crippen LogP contribution in [0.25, 0.3) is 10.2 Å². The first-order chi connectivity index (χ1) is 14.6. The maximum atomic E-state index is 13.0. The number of carbonyl (C=O) groups is 1. The molecule has 3 aromatic rings. The van der Waals surface area contributed by atoms with E-state index in [1.807, 2.05) is 28.8 Å². The SMILES string of the molecule is COCCn1c(=NC(=O)c2ccc3c(c2)CCCC3)sc2cc(OC)c(OC)cc21. The maximum Gasteiger partial charge on any atom is 0.279 e. The number of ether oxygens (including phenoxy) is 3. The van der Waals surface area contributed by atoms with Gasteiger partial charge in [0, 0.05) is 31.4 Å². The third kappa shape index (κ3) is 4.00. The van der Waals surface area contributed by atoms with Crippen molar-refractivity contribution in [1.29, 1.82) is 0 Å². The fourth-order valence-corrected chi connectivity index (χ4v) is 4.96. The average molecular weight is 427 g/mol. The summed E-state index contributed by atoms with van der Waals surface area (Å²) in [6, 6.07) is 9.83. The number of fused-ring (bicyclic) bond motifs is 2. The number of aryl methyl sites for hydroxylation is 2. The highest BCUT2D eigenvalue weighted by Gasteiger charge is 2.15. The molecule has 0 aliphatic heterocycles. The van der Waals surface area contributed by atoms with E-state index in [9.17, 15) is 4.79 Å². The maximum absolute atomic E-state index is 13.0. The standard InChI is InChI=1S/C23H26N2O4S/c1-27-11-10-25-18-13-19(28-2)20(29-3)14-21(18)30-23(25)24-22(26)17-9-8-15-6-4-5-7-16(15)12-17/h8-9,12-14H,4-7,10-11H2,1-3H3. The van der Waals surface area contributed by atoms with Gasteiger partial charge in [-0.15, -0.1) is 0 Å². The zero-order chi connectivity index (χ0) is 21.1. The van der Waals surface area contributed by atoms with Crippen LogP contribution in [0.1, 0.15) is 34.3 Å². The zero-order valence-corrected chi connectivity index (χ0v) is 18.4. The van der Waals surface area contributed by atoms with Crippen molar-refractivity contribution in [2.45, 2.75) is 32.2 Å². The van der Waals surface area contributed by atoms with Gasteiger partial charge >= 0.3 is 0 Å². The van der Waals surface area contributed by atoms with Crippen LogP contribution in [-0.4, -0.2) is 38.4 Å². The smallest absolute Gasteiger partial charge is 0.279 e. The summed E-state index contributed by atoms with van der Waals surface area (Å²) in [5, 5.41) is 0. The molecule has 0 saturated carbocycles. The largest absolute Gasteiger partial charge is 0.493 e. The number of rotatable bonds is 6. The summed E-state index contributed by atoms with van der Waals surface area (Å²) in [4.78, 5) is 18.1. The first-order valence-corrected chi connectivity index (χ1v) is 10.9. The molecule has 1 amide bonds. The van der Waals surface area contributed by atoms with Gasteiger partial charge in [-0.3, -0.25) is 4.79 Å². The van der Waals surface area contributed by atoms with Gasteiger partial charge in [0.25, 0.3) is 5.91 Å². The molecule has 158 valence electrons. The number of aromatic nitrogens is 1. The van der Waals surface area contributed by atoms with Crippen LogP contribution in [0.3, 0.4) is 0 Å². The molecule has 30 heavy (non-hydrogen) atoms. The predicted molar refractivity (Wildman–Crippen MR) is 118 cm³/mol. The molecule has 0 N–H and O–H groups in total. The molecule has 6 nitrogen and oxygen atoms in total. The van der Waals surface area contributed by atoms with Crippen molar-refractivity contribution < 1.29 is 19.0 Å². The molecule has 1 aliphatic rings. The number of carbonyl (C=O) groups excluding carboxylic acids is 1. The van der Waals surface area contributed by atoms with E-state index in [2.05, 4.69) is 11.1 Å². The Morgan fingerprint density at radius 2 is 1.77 bits per heavy atom. The van der Waals surface area contributed by atoms with Crippen molar-refractivity contribution in [3.63, 3.8) is 0 Å². The van der Waals surface area contributed by atoms with Gasteiger partial charge in [-0.1, -0.05) is 17.4 Å². The summed E-state index contributed by atoms with van der Waals surface area (Å²) in [7, 11) is 4.88.